The number of allylic oxidation sites excluding steroid dienone is 4. The third kappa shape index (κ3) is 2.54. The van der Waals surface area contributed by atoms with Gasteiger partial charge < -0.3 is 10.4 Å². The number of benzene rings is 1. The number of rotatable bonds is 4. The fourth-order valence-electron chi connectivity index (χ4n) is 3.05. The Bertz CT molecular complexity index is 680. The van der Waals surface area contributed by atoms with E-state index in [1.807, 2.05) is 11.4 Å². The van der Waals surface area contributed by atoms with Crippen LogP contribution in [-0.4, -0.2) is 35.2 Å². The monoisotopic (exact) mass is 318 g/mol. The smallest absolute Gasteiger partial charge is 0.177 e. The van der Waals surface area contributed by atoms with Gasteiger partial charge in [-0.1, -0.05) is 36.4 Å². The lowest BCUT2D eigenvalue weighted by Gasteiger charge is -2.30. The lowest BCUT2D eigenvalue weighted by Crippen LogP contribution is -2.86. The molecule has 3 N–H and O–H groups in total. The Balaban J connectivity index is 1.92. The lowest BCUT2D eigenvalue weighted by atomic mass is 9.71. The zero-order chi connectivity index (χ0) is 15.7. The summed E-state index contributed by atoms with van der Waals surface area (Å²) < 4.78 is 0. The van der Waals surface area contributed by atoms with E-state index in [-0.39, 0.29) is 17.4 Å². The summed E-state index contributed by atoms with van der Waals surface area (Å²) in [6.45, 7) is 0.371. The highest BCUT2D eigenvalue weighted by Crippen LogP contribution is 2.35. The quantitative estimate of drug-likeness (QED) is 0.811. The Morgan fingerprint density at radius 1 is 1.18 bits per heavy atom. The van der Waals surface area contributed by atoms with E-state index in [1.165, 1.54) is 0 Å². The SMILES string of the molecule is O=C1c2ccccc2C(=O)[C@@H]2C=CC=C([NH2+]C[C@H](O)CCl)[C@H]12. The normalized spacial score (nSPS) is 24.5. The Morgan fingerprint density at radius 3 is 2.55 bits per heavy atom. The van der Waals surface area contributed by atoms with Crippen molar-refractivity contribution in [2.75, 3.05) is 12.4 Å². The predicted molar refractivity (Wildman–Crippen MR) is 82.8 cm³/mol. The zero-order valence-electron chi connectivity index (χ0n) is 11.9. The summed E-state index contributed by atoms with van der Waals surface area (Å²) in [5.74, 6) is -0.855. The molecule has 0 saturated heterocycles. The number of quaternary nitrogens is 1. The predicted octanol–water partition coefficient (Wildman–Crippen LogP) is 0.915. The van der Waals surface area contributed by atoms with Gasteiger partial charge in [0.25, 0.3) is 0 Å². The maximum absolute atomic E-state index is 12.8. The summed E-state index contributed by atoms with van der Waals surface area (Å²) in [4.78, 5) is 25.4. The Kier molecular flexibility index (Phi) is 4.25. The van der Waals surface area contributed by atoms with E-state index in [0.29, 0.717) is 17.7 Å². The minimum atomic E-state index is -0.645. The molecule has 3 rings (SSSR count). The highest BCUT2D eigenvalue weighted by Gasteiger charge is 2.44. The minimum Gasteiger partial charge on any atom is -0.386 e. The molecule has 0 radical (unpaired) electrons. The largest absolute Gasteiger partial charge is 0.386 e. The number of fused-ring (bicyclic) bond motifs is 2. The van der Waals surface area contributed by atoms with Crippen LogP contribution in [-0.2, 0) is 0 Å². The van der Waals surface area contributed by atoms with Crippen molar-refractivity contribution < 1.29 is 20.0 Å². The zero-order valence-corrected chi connectivity index (χ0v) is 12.7. The summed E-state index contributed by atoms with van der Waals surface area (Å²) in [5, 5.41) is 11.4. The van der Waals surface area contributed by atoms with Crippen LogP contribution in [0.25, 0.3) is 0 Å². The second kappa shape index (κ2) is 6.16. The number of carbonyl (C=O) groups excluding carboxylic acids is 2. The van der Waals surface area contributed by atoms with Crippen molar-refractivity contribution in [2.45, 2.75) is 6.10 Å². The van der Waals surface area contributed by atoms with Crippen LogP contribution in [0.3, 0.4) is 0 Å². The molecule has 3 atom stereocenters. The van der Waals surface area contributed by atoms with Crippen LogP contribution in [0, 0.1) is 11.8 Å². The van der Waals surface area contributed by atoms with Gasteiger partial charge in [0.05, 0.1) is 11.8 Å². The van der Waals surface area contributed by atoms with Crippen molar-refractivity contribution >= 4 is 23.2 Å². The number of hydrogen-bond donors (Lipinski definition) is 2. The van der Waals surface area contributed by atoms with Gasteiger partial charge in [0.2, 0.25) is 0 Å². The van der Waals surface area contributed by atoms with Crippen LogP contribution in [0.1, 0.15) is 20.7 Å². The Hall–Kier alpha value is -1.75. The Labute approximate surface area is 133 Å². The molecule has 1 aromatic rings. The lowest BCUT2D eigenvalue weighted by molar-refractivity contribution is -0.618. The van der Waals surface area contributed by atoms with Gasteiger partial charge in [0, 0.05) is 11.1 Å². The van der Waals surface area contributed by atoms with E-state index in [0.717, 1.165) is 5.70 Å². The molecule has 0 fully saturated rings. The number of aliphatic hydroxyl groups is 1. The van der Waals surface area contributed by atoms with E-state index in [1.54, 1.807) is 36.4 Å². The van der Waals surface area contributed by atoms with Gasteiger partial charge in [-0.25, -0.2) is 0 Å². The Morgan fingerprint density at radius 2 is 1.86 bits per heavy atom. The number of Topliss-reactive ketones (excluding diaryl/α,β-unsaturated/α-hetero) is 2. The van der Waals surface area contributed by atoms with Crippen LogP contribution in [0.4, 0.5) is 0 Å². The topological polar surface area (TPSA) is 71.0 Å². The second-order valence-electron chi connectivity index (χ2n) is 5.58. The fourth-order valence-corrected chi connectivity index (χ4v) is 3.18. The van der Waals surface area contributed by atoms with Crippen LogP contribution >= 0.6 is 11.6 Å². The molecular formula is C17H17ClNO3+. The first-order valence-electron chi connectivity index (χ1n) is 7.26. The molecule has 0 amide bonds. The van der Waals surface area contributed by atoms with Crippen molar-refractivity contribution in [3.8, 4) is 0 Å². The fraction of sp³-hybridized carbons (Fsp3) is 0.294. The molecule has 0 heterocycles. The molecular weight excluding hydrogens is 302 g/mol. The molecule has 0 spiro atoms. The third-order valence-corrected chi connectivity index (χ3v) is 4.53. The number of nitrogens with two attached hydrogens (primary N) is 1. The van der Waals surface area contributed by atoms with Gasteiger partial charge >= 0.3 is 0 Å². The summed E-state index contributed by atoms with van der Waals surface area (Å²) in [6, 6.07) is 6.96. The van der Waals surface area contributed by atoms with Crippen molar-refractivity contribution in [1.82, 2.24) is 0 Å². The number of alkyl halides is 1. The van der Waals surface area contributed by atoms with Crippen LogP contribution in [0.2, 0.25) is 0 Å². The maximum atomic E-state index is 12.8. The average Bonchev–Trinajstić information content (AvgIpc) is 2.57. The molecule has 0 saturated carbocycles. The van der Waals surface area contributed by atoms with Gasteiger partial charge in [-0.05, 0) is 6.08 Å². The summed E-state index contributed by atoms with van der Waals surface area (Å²) in [7, 11) is 0. The van der Waals surface area contributed by atoms with Crippen molar-refractivity contribution in [3.05, 3.63) is 59.3 Å². The van der Waals surface area contributed by atoms with Crippen molar-refractivity contribution in [1.29, 1.82) is 0 Å². The van der Waals surface area contributed by atoms with E-state index in [2.05, 4.69) is 0 Å². The average molecular weight is 319 g/mol. The first-order chi connectivity index (χ1) is 10.6. The highest BCUT2D eigenvalue weighted by atomic mass is 35.5. The van der Waals surface area contributed by atoms with Gasteiger partial charge in [-0.3, -0.25) is 9.59 Å². The number of carbonyl (C=O) groups is 2. The number of hydrogen-bond acceptors (Lipinski definition) is 3. The summed E-state index contributed by atoms with van der Waals surface area (Å²) in [6.07, 6.45) is 4.78. The first-order valence-corrected chi connectivity index (χ1v) is 7.80. The molecule has 0 bridgehead atoms. The maximum Gasteiger partial charge on any atom is 0.177 e. The van der Waals surface area contributed by atoms with E-state index in [9.17, 15) is 14.7 Å². The summed E-state index contributed by atoms with van der Waals surface area (Å²) in [5.41, 5.74) is 1.77. The molecule has 1 aromatic carbocycles. The molecule has 0 aromatic heterocycles. The van der Waals surface area contributed by atoms with Gasteiger partial charge in [-0.15, -0.1) is 11.6 Å². The molecule has 2 aliphatic carbocycles. The number of halogens is 1. The molecule has 4 nitrogen and oxygen atoms in total. The molecule has 5 heteroatoms. The van der Waals surface area contributed by atoms with Gasteiger partial charge in [0.15, 0.2) is 11.6 Å². The van der Waals surface area contributed by atoms with E-state index >= 15 is 0 Å². The van der Waals surface area contributed by atoms with Crippen molar-refractivity contribution in [3.63, 3.8) is 0 Å². The highest BCUT2D eigenvalue weighted by molar-refractivity contribution is 6.18. The molecule has 2 aliphatic rings. The molecule has 0 unspecified atom stereocenters. The first kappa shape index (κ1) is 15.2. The standard InChI is InChI=1S/C17H16ClNO3/c18-8-10(20)9-19-14-7-3-6-13-15(14)17(22)12-5-2-1-4-11(12)16(13)21/h1-7,10,13,15,19-20H,8-9H2/p+1/t10-,13-,15-/m1/s1. The van der Waals surface area contributed by atoms with Gasteiger partial charge in [-0.2, -0.15) is 0 Å². The van der Waals surface area contributed by atoms with Crippen LogP contribution in [0.5, 0.6) is 0 Å². The number of aliphatic hydroxyl groups excluding tert-OH is 1. The third-order valence-electron chi connectivity index (χ3n) is 4.17. The second-order valence-corrected chi connectivity index (χ2v) is 5.89. The molecule has 114 valence electrons. The van der Waals surface area contributed by atoms with E-state index < -0.39 is 17.9 Å². The van der Waals surface area contributed by atoms with Crippen LogP contribution < -0.4 is 5.32 Å². The van der Waals surface area contributed by atoms with Gasteiger partial charge in [0.1, 0.15) is 24.3 Å². The minimum absolute atomic E-state index is 0.0201. The summed E-state index contributed by atoms with van der Waals surface area (Å²) >= 11 is 5.60. The molecule has 0 aliphatic heterocycles. The number of ketones is 2. The van der Waals surface area contributed by atoms with E-state index in [4.69, 9.17) is 11.6 Å². The van der Waals surface area contributed by atoms with Crippen LogP contribution in [0.15, 0.2) is 48.2 Å². The molecule has 22 heavy (non-hydrogen) atoms. The van der Waals surface area contributed by atoms with Crippen molar-refractivity contribution in [2.24, 2.45) is 11.8 Å².